The Hall–Kier alpha value is -1.15. The summed E-state index contributed by atoms with van der Waals surface area (Å²) in [4.78, 5) is 0. The van der Waals surface area contributed by atoms with Crippen molar-refractivity contribution in [2.75, 3.05) is 5.33 Å². The first-order valence-electron chi connectivity index (χ1n) is 7.36. The van der Waals surface area contributed by atoms with Gasteiger partial charge in [-0.25, -0.2) is 4.39 Å². The Balaban J connectivity index is 2.14. The van der Waals surface area contributed by atoms with E-state index in [0.717, 1.165) is 18.2 Å². The Morgan fingerprint density at radius 2 is 1.52 bits per heavy atom. The molecule has 2 aromatic rings. The van der Waals surface area contributed by atoms with Crippen LogP contribution in [0.15, 0.2) is 36.4 Å². The summed E-state index contributed by atoms with van der Waals surface area (Å²) in [5, 5.41) is 0.955. The molecule has 0 radical (unpaired) electrons. The summed E-state index contributed by atoms with van der Waals surface area (Å²) in [5.74, 6) is 0.356. The maximum atomic E-state index is 13.0. The molecule has 0 aliphatic heterocycles. The zero-order chi connectivity index (χ0) is 15.4. The van der Waals surface area contributed by atoms with E-state index in [4.69, 9.17) is 0 Å². The first-order valence-corrected chi connectivity index (χ1v) is 8.49. The summed E-state index contributed by atoms with van der Waals surface area (Å²) in [7, 11) is 0. The number of rotatable bonds is 5. The van der Waals surface area contributed by atoms with Crippen LogP contribution in [0.5, 0.6) is 0 Å². The second-order valence-corrected chi connectivity index (χ2v) is 6.58. The van der Waals surface area contributed by atoms with Gasteiger partial charge in [0.05, 0.1) is 0 Å². The number of aryl methyl sites for hydroxylation is 3. The molecule has 0 spiro atoms. The molecular formula is C19H22BrF. The van der Waals surface area contributed by atoms with Gasteiger partial charge in [0.15, 0.2) is 0 Å². The van der Waals surface area contributed by atoms with E-state index in [9.17, 15) is 4.39 Å². The number of hydrogen-bond acceptors (Lipinski definition) is 0. The molecule has 0 fully saturated rings. The number of hydrogen-bond donors (Lipinski definition) is 0. The van der Waals surface area contributed by atoms with Crippen LogP contribution in [-0.2, 0) is 12.8 Å². The third kappa shape index (κ3) is 4.41. The molecule has 2 heteroatoms. The highest BCUT2D eigenvalue weighted by atomic mass is 79.9. The lowest BCUT2D eigenvalue weighted by atomic mass is 9.89. The SMILES string of the molecule is Cc1cc(C)c(CC(CBr)Cc2ccc(F)cc2)c(C)c1. The van der Waals surface area contributed by atoms with Gasteiger partial charge in [-0.1, -0.05) is 45.8 Å². The molecular weight excluding hydrogens is 327 g/mol. The molecule has 2 aromatic carbocycles. The van der Waals surface area contributed by atoms with E-state index >= 15 is 0 Å². The lowest BCUT2D eigenvalue weighted by molar-refractivity contribution is 0.584. The van der Waals surface area contributed by atoms with Gasteiger partial charge in [-0.05, 0) is 73.9 Å². The summed E-state index contributed by atoms with van der Waals surface area (Å²) in [6, 6.07) is 11.4. The highest BCUT2D eigenvalue weighted by Crippen LogP contribution is 2.23. The van der Waals surface area contributed by atoms with Crippen molar-refractivity contribution < 1.29 is 4.39 Å². The van der Waals surface area contributed by atoms with Crippen molar-refractivity contribution in [1.82, 2.24) is 0 Å². The molecule has 2 rings (SSSR count). The van der Waals surface area contributed by atoms with E-state index in [1.807, 2.05) is 12.1 Å². The third-order valence-corrected chi connectivity index (χ3v) is 4.90. The van der Waals surface area contributed by atoms with Gasteiger partial charge >= 0.3 is 0 Å². The van der Waals surface area contributed by atoms with Gasteiger partial charge in [-0.15, -0.1) is 0 Å². The average molecular weight is 349 g/mol. The summed E-state index contributed by atoms with van der Waals surface area (Å²) >= 11 is 3.63. The minimum atomic E-state index is -0.167. The second-order valence-electron chi connectivity index (χ2n) is 5.93. The van der Waals surface area contributed by atoms with Gasteiger partial charge in [0, 0.05) is 5.33 Å². The summed E-state index contributed by atoms with van der Waals surface area (Å²) in [6.45, 7) is 6.53. The van der Waals surface area contributed by atoms with E-state index in [2.05, 4.69) is 48.8 Å². The first-order chi connectivity index (χ1) is 9.99. The van der Waals surface area contributed by atoms with Crippen molar-refractivity contribution >= 4 is 15.9 Å². The molecule has 0 aliphatic carbocycles. The van der Waals surface area contributed by atoms with Crippen LogP contribution >= 0.6 is 15.9 Å². The normalized spacial score (nSPS) is 12.4. The van der Waals surface area contributed by atoms with E-state index in [1.165, 1.54) is 27.8 Å². The molecule has 0 aliphatic rings. The fourth-order valence-corrected chi connectivity index (χ4v) is 3.41. The maximum Gasteiger partial charge on any atom is 0.123 e. The molecule has 0 nitrogen and oxygen atoms in total. The number of halogens is 2. The Morgan fingerprint density at radius 1 is 0.952 bits per heavy atom. The summed E-state index contributed by atoms with van der Waals surface area (Å²) in [6.07, 6.45) is 2.03. The fourth-order valence-electron chi connectivity index (χ4n) is 2.96. The number of alkyl halides is 1. The van der Waals surface area contributed by atoms with E-state index in [0.29, 0.717) is 5.92 Å². The zero-order valence-corrected chi connectivity index (χ0v) is 14.5. The monoisotopic (exact) mass is 348 g/mol. The van der Waals surface area contributed by atoms with Crippen molar-refractivity contribution in [1.29, 1.82) is 0 Å². The van der Waals surface area contributed by atoms with Crippen LogP contribution in [0.25, 0.3) is 0 Å². The quantitative estimate of drug-likeness (QED) is 0.621. The lowest BCUT2D eigenvalue weighted by Crippen LogP contribution is -2.12. The van der Waals surface area contributed by atoms with Gasteiger partial charge in [0.1, 0.15) is 5.82 Å². The Labute approximate surface area is 135 Å². The van der Waals surface area contributed by atoms with Gasteiger partial charge < -0.3 is 0 Å². The zero-order valence-electron chi connectivity index (χ0n) is 12.9. The first kappa shape index (κ1) is 16.2. The minimum Gasteiger partial charge on any atom is -0.207 e. The van der Waals surface area contributed by atoms with Crippen molar-refractivity contribution in [3.63, 3.8) is 0 Å². The van der Waals surface area contributed by atoms with Crippen molar-refractivity contribution in [2.45, 2.75) is 33.6 Å². The van der Waals surface area contributed by atoms with Gasteiger partial charge in [0.2, 0.25) is 0 Å². The highest BCUT2D eigenvalue weighted by molar-refractivity contribution is 9.09. The maximum absolute atomic E-state index is 13.0. The molecule has 0 bridgehead atoms. The minimum absolute atomic E-state index is 0.167. The predicted molar refractivity (Wildman–Crippen MR) is 91.7 cm³/mol. The standard InChI is InChI=1S/C19H22BrF/c1-13-8-14(2)19(15(3)9-13)11-17(12-20)10-16-4-6-18(21)7-5-16/h4-9,17H,10-12H2,1-3H3. The number of benzene rings is 2. The van der Waals surface area contributed by atoms with Crippen LogP contribution in [0, 0.1) is 32.5 Å². The highest BCUT2D eigenvalue weighted by Gasteiger charge is 2.13. The van der Waals surface area contributed by atoms with E-state index in [-0.39, 0.29) is 5.82 Å². The molecule has 1 unspecified atom stereocenters. The molecule has 1 atom stereocenters. The predicted octanol–water partition coefficient (Wildman–Crippen LogP) is 5.55. The molecule has 0 heterocycles. The van der Waals surface area contributed by atoms with Gasteiger partial charge in [-0.3, -0.25) is 0 Å². The van der Waals surface area contributed by atoms with Gasteiger partial charge in [-0.2, -0.15) is 0 Å². The average Bonchev–Trinajstić information content (AvgIpc) is 2.43. The molecule has 0 amide bonds. The Morgan fingerprint density at radius 3 is 2.05 bits per heavy atom. The lowest BCUT2D eigenvalue weighted by Gasteiger charge is -2.18. The third-order valence-electron chi connectivity index (χ3n) is 3.99. The van der Waals surface area contributed by atoms with Crippen molar-refractivity contribution in [3.05, 3.63) is 70.0 Å². The topological polar surface area (TPSA) is 0 Å². The van der Waals surface area contributed by atoms with Gasteiger partial charge in [0.25, 0.3) is 0 Å². The molecule has 112 valence electrons. The van der Waals surface area contributed by atoms with Crippen LogP contribution < -0.4 is 0 Å². The van der Waals surface area contributed by atoms with E-state index < -0.39 is 0 Å². The van der Waals surface area contributed by atoms with Crippen molar-refractivity contribution in [3.8, 4) is 0 Å². The smallest absolute Gasteiger partial charge is 0.123 e. The van der Waals surface area contributed by atoms with Crippen LogP contribution in [0.3, 0.4) is 0 Å². The van der Waals surface area contributed by atoms with Crippen LogP contribution in [0.4, 0.5) is 4.39 Å². The summed E-state index contributed by atoms with van der Waals surface area (Å²) < 4.78 is 13.0. The van der Waals surface area contributed by atoms with E-state index in [1.54, 1.807) is 12.1 Å². The molecule has 0 N–H and O–H groups in total. The van der Waals surface area contributed by atoms with Crippen molar-refractivity contribution in [2.24, 2.45) is 5.92 Å². The fraction of sp³-hybridized carbons (Fsp3) is 0.368. The molecule has 0 aromatic heterocycles. The Kier molecular flexibility index (Phi) is 5.58. The van der Waals surface area contributed by atoms with Crippen LogP contribution in [0.2, 0.25) is 0 Å². The largest absolute Gasteiger partial charge is 0.207 e. The molecule has 21 heavy (non-hydrogen) atoms. The summed E-state index contributed by atoms with van der Waals surface area (Å²) in [5.41, 5.74) is 6.72. The van der Waals surface area contributed by atoms with Crippen LogP contribution in [-0.4, -0.2) is 5.33 Å². The van der Waals surface area contributed by atoms with Crippen LogP contribution in [0.1, 0.15) is 27.8 Å². The molecule has 0 saturated heterocycles. The Bertz CT molecular complexity index is 578. The second kappa shape index (κ2) is 7.22. The molecule has 0 saturated carbocycles.